The molecular weight excluding hydrogens is 284 g/mol. The van der Waals surface area contributed by atoms with Gasteiger partial charge in [0.2, 0.25) is 0 Å². The lowest BCUT2D eigenvalue weighted by Crippen LogP contribution is -2.54. The van der Waals surface area contributed by atoms with Crippen molar-refractivity contribution in [2.24, 2.45) is 0 Å². The first-order valence-corrected chi connectivity index (χ1v) is 7.69. The Labute approximate surface area is 118 Å². The van der Waals surface area contributed by atoms with Gasteiger partial charge in [-0.1, -0.05) is 17.7 Å². The van der Waals surface area contributed by atoms with Crippen molar-refractivity contribution in [1.82, 2.24) is 0 Å². The van der Waals surface area contributed by atoms with Crippen LogP contribution in [0.4, 0.5) is 0 Å². The van der Waals surface area contributed by atoms with Crippen molar-refractivity contribution in [2.45, 2.75) is 29.9 Å². The highest BCUT2D eigenvalue weighted by Crippen LogP contribution is 2.22. The molecular formula is C13H18O6S. The van der Waals surface area contributed by atoms with Gasteiger partial charge in [-0.3, -0.25) is 4.18 Å². The minimum Gasteiger partial charge on any atom is -0.390 e. The first-order chi connectivity index (χ1) is 9.33. The lowest BCUT2D eigenvalue weighted by atomic mass is 9.94. The maximum absolute atomic E-state index is 12.0. The van der Waals surface area contributed by atoms with Crippen molar-refractivity contribution in [3.05, 3.63) is 29.8 Å². The highest BCUT2D eigenvalue weighted by molar-refractivity contribution is 7.86. The molecule has 1 heterocycles. The van der Waals surface area contributed by atoms with Crippen molar-refractivity contribution in [3.63, 3.8) is 0 Å². The van der Waals surface area contributed by atoms with Gasteiger partial charge in [-0.05, 0) is 25.5 Å². The van der Waals surface area contributed by atoms with E-state index in [4.69, 9.17) is 8.92 Å². The zero-order valence-electron chi connectivity index (χ0n) is 11.2. The third kappa shape index (κ3) is 3.36. The van der Waals surface area contributed by atoms with Gasteiger partial charge in [0.25, 0.3) is 10.1 Å². The van der Waals surface area contributed by atoms with E-state index in [9.17, 15) is 18.6 Å². The number of hydrogen-bond donors (Lipinski definition) is 2. The molecule has 20 heavy (non-hydrogen) atoms. The average Bonchev–Trinajstić information content (AvgIpc) is 2.41. The van der Waals surface area contributed by atoms with Gasteiger partial charge >= 0.3 is 0 Å². The van der Waals surface area contributed by atoms with E-state index in [1.165, 1.54) is 12.1 Å². The molecule has 0 bridgehead atoms. The molecule has 0 aromatic heterocycles. The van der Waals surface area contributed by atoms with Crippen LogP contribution >= 0.6 is 0 Å². The minimum atomic E-state index is -3.96. The van der Waals surface area contributed by atoms with Gasteiger partial charge in [0.15, 0.2) is 0 Å². The fourth-order valence-electron chi connectivity index (χ4n) is 1.90. The van der Waals surface area contributed by atoms with E-state index in [0.717, 1.165) is 5.56 Å². The molecule has 112 valence electrons. The van der Waals surface area contributed by atoms with Crippen LogP contribution in [0.2, 0.25) is 0 Å². The maximum atomic E-state index is 12.0. The smallest absolute Gasteiger partial charge is 0.297 e. The standard InChI is InChI=1S/C13H18O6S/c1-10-2-4-11(5-3-10)20(16,17)19-9-13(15)8-18-7-6-12(13)14/h2-5,12,14-15H,6-9H2,1H3. The molecule has 0 radical (unpaired) electrons. The summed E-state index contributed by atoms with van der Waals surface area (Å²) in [5.41, 5.74) is -0.769. The summed E-state index contributed by atoms with van der Waals surface area (Å²) in [5, 5.41) is 19.9. The Kier molecular flexibility index (Phi) is 4.46. The second-order valence-electron chi connectivity index (χ2n) is 4.99. The van der Waals surface area contributed by atoms with Gasteiger partial charge in [-0.2, -0.15) is 8.42 Å². The second kappa shape index (κ2) is 5.79. The zero-order valence-corrected chi connectivity index (χ0v) is 12.0. The van der Waals surface area contributed by atoms with Crippen molar-refractivity contribution >= 4 is 10.1 Å². The molecule has 0 aliphatic carbocycles. The molecule has 2 atom stereocenters. The summed E-state index contributed by atoms with van der Waals surface area (Å²) in [5.74, 6) is 0. The van der Waals surface area contributed by atoms with Crippen LogP contribution in [-0.2, 0) is 19.0 Å². The summed E-state index contributed by atoms with van der Waals surface area (Å²) >= 11 is 0. The predicted octanol–water partition coefficient (Wildman–Crippen LogP) is 0.213. The first-order valence-electron chi connectivity index (χ1n) is 6.28. The predicted molar refractivity (Wildman–Crippen MR) is 70.7 cm³/mol. The summed E-state index contributed by atoms with van der Waals surface area (Å²) < 4.78 is 33.9. The molecule has 1 fully saturated rings. The lowest BCUT2D eigenvalue weighted by Gasteiger charge is -2.35. The SMILES string of the molecule is Cc1ccc(S(=O)(=O)OCC2(O)COCCC2O)cc1. The number of aliphatic hydroxyl groups is 2. The Balaban J connectivity index is 2.07. The van der Waals surface area contributed by atoms with E-state index in [2.05, 4.69) is 0 Å². The molecule has 1 aromatic rings. The largest absolute Gasteiger partial charge is 0.390 e. The average molecular weight is 302 g/mol. The maximum Gasteiger partial charge on any atom is 0.297 e. The van der Waals surface area contributed by atoms with Crippen LogP contribution in [0, 0.1) is 6.92 Å². The molecule has 0 saturated carbocycles. The van der Waals surface area contributed by atoms with Crippen LogP contribution in [0.1, 0.15) is 12.0 Å². The summed E-state index contributed by atoms with van der Waals surface area (Å²) in [4.78, 5) is 0.0120. The molecule has 2 N–H and O–H groups in total. The molecule has 1 aromatic carbocycles. The van der Waals surface area contributed by atoms with Crippen LogP contribution in [0.25, 0.3) is 0 Å². The summed E-state index contributed by atoms with van der Waals surface area (Å²) in [6.07, 6.45) is -0.825. The fraction of sp³-hybridized carbons (Fsp3) is 0.538. The second-order valence-corrected chi connectivity index (χ2v) is 6.61. The van der Waals surface area contributed by atoms with Crippen LogP contribution in [0.15, 0.2) is 29.2 Å². The number of rotatable bonds is 4. The van der Waals surface area contributed by atoms with E-state index in [-0.39, 0.29) is 17.9 Å². The van der Waals surface area contributed by atoms with Crippen molar-refractivity contribution < 1.29 is 27.6 Å². The third-order valence-corrected chi connectivity index (χ3v) is 4.56. The number of hydrogen-bond acceptors (Lipinski definition) is 6. The molecule has 1 saturated heterocycles. The summed E-state index contributed by atoms with van der Waals surface area (Å²) in [6.45, 7) is 1.48. The fourth-order valence-corrected chi connectivity index (χ4v) is 2.86. The highest BCUT2D eigenvalue weighted by atomic mass is 32.2. The van der Waals surface area contributed by atoms with E-state index >= 15 is 0 Å². The Morgan fingerprint density at radius 2 is 2.05 bits per heavy atom. The van der Waals surface area contributed by atoms with E-state index in [0.29, 0.717) is 6.61 Å². The third-order valence-electron chi connectivity index (χ3n) is 3.28. The van der Waals surface area contributed by atoms with Crippen molar-refractivity contribution in [3.8, 4) is 0 Å². The molecule has 0 spiro atoms. The van der Waals surface area contributed by atoms with Gasteiger partial charge in [0.05, 0.1) is 17.6 Å². The van der Waals surface area contributed by atoms with Crippen LogP contribution in [-0.4, -0.2) is 50.2 Å². The van der Waals surface area contributed by atoms with E-state index in [1.54, 1.807) is 12.1 Å². The van der Waals surface area contributed by atoms with E-state index < -0.39 is 28.4 Å². The molecule has 1 aliphatic rings. The Morgan fingerprint density at radius 3 is 2.65 bits per heavy atom. The van der Waals surface area contributed by atoms with Crippen LogP contribution < -0.4 is 0 Å². The van der Waals surface area contributed by atoms with E-state index in [1.807, 2.05) is 6.92 Å². The lowest BCUT2D eigenvalue weighted by molar-refractivity contribution is -0.172. The number of benzene rings is 1. The summed E-state index contributed by atoms with van der Waals surface area (Å²) in [6, 6.07) is 6.18. The molecule has 7 heteroatoms. The molecule has 6 nitrogen and oxygen atoms in total. The number of aliphatic hydroxyl groups excluding tert-OH is 1. The van der Waals surface area contributed by atoms with Crippen LogP contribution in [0.3, 0.4) is 0 Å². The van der Waals surface area contributed by atoms with Gasteiger partial charge in [0, 0.05) is 6.61 Å². The van der Waals surface area contributed by atoms with Gasteiger partial charge in [-0.15, -0.1) is 0 Å². The Bertz CT molecular complexity index is 553. The number of aryl methyl sites for hydroxylation is 1. The monoisotopic (exact) mass is 302 g/mol. The van der Waals surface area contributed by atoms with Gasteiger partial charge in [-0.25, -0.2) is 0 Å². The van der Waals surface area contributed by atoms with Gasteiger partial charge < -0.3 is 14.9 Å². The quantitative estimate of drug-likeness (QED) is 0.773. The first kappa shape index (κ1) is 15.4. The van der Waals surface area contributed by atoms with Crippen molar-refractivity contribution in [2.75, 3.05) is 19.8 Å². The summed E-state index contributed by atoms with van der Waals surface area (Å²) in [7, 11) is -3.96. The Hall–Kier alpha value is -0.990. The molecule has 0 amide bonds. The highest BCUT2D eigenvalue weighted by Gasteiger charge is 2.40. The molecule has 2 unspecified atom stereocenters. The Morgan fingerprint density at radius 1 is 1.40 bits per heavy atom. The molecule has 2 rings (SSSR count). The van der Waals surface area contributed by atoms with Crippen LogP contribution in [0.5, 0.6) is 0 Å². The van der Waals surface area contributed by atoms with Gasteiger partial charge in [0.1, 0.15) is 12.2 Å². The topological polar surface area (TPSA) is 93.1 Å². The normalized spacial score (nSPS) is 27.4. The molecule has 1 aliphatic heterocycles. The number of ether oxygens (including phenoxy) is 1. The van der Waals surface area contributed by atoms with Crippen molar-refractivity contribution in [1.29, 1.82) is 0 Å². The minimum absolute atomic E-state index is 0.0120. The zero-order chi connectivity index (χ0) is 14.8.